The van der Waals surface area contributed by atoms with E-state index in [0.29, 0.717) is 57.9 Å². The summed E-state index contributed by atoms with van der Waals surface area (Å²) in [4.78, 5) is 37.1. The molecule has 1 atom stereocenters. The van der Waals surface area contributed by atoms with E-state index in [-0.39, 0.29) is 37.3 Å². The van der Waals surface area contributed by atoms with Crippen LogP contribution in [0.25, 0.3) is 0 Å². The van der Waals surface area contributed by atoms with E-state index in [1.165, 1.54) is 12.1 Å². The van der Waals surface area contributed by atoms with Crippen LogP contribution in [0.15, 0.2) is 24.3 Å². The molecular weight excluding hydrogens is 518 g/mol. The molecule has 1 aromatic rings. The first-order chi connectivity index (χ1) is 19.2. The third kappa shape index (κ3) is 11.0. The molecule has 1 unspecified atom stereocenters. The second-order valence-corrected chi connectivity index (χ2v) is 10.5. The molecular formula is C26H45N9O5. The number of carbonyl (C=O) groups is 3. The Bertz CT molecular complexity index is 946. The van der Waals surface area contributed by atoms with Crippen LogP contribution in [0.1, 0.15) is 24.8 Å². The van der Waals surface area contributed by atoms with Gasteiger partial charge in [-0.15, -0.1) is 0 Å². The van der Waals surface area contributed by atoms with E-state index >= 15 is 0 Å². The monoisotopic (exact) mass is 563 g/mol. The van der Waals surface area contributed by atoms with Gasteiger partial charge in [0.15, 0.2) is 0 Å². The normalized spacial score (nSPS) is 25.5. The van der Waals surface area contributed by atoms with Gasteiger partial charge in [-0.25, -0.2) is 4.79 Å². The average Bonchev–Trinajstić information content (AvgIpc) is 2.90. The Morgan fingerprint density at radius 2 is 1.38 bits per heavy atom. The first kappa shape index (κ1) is 31.7. The van der Waals surface area contributed by atoms with Gasteiger partial charge < -0.3 is 47.8 Å². The van der Waals surface area contributed by atoms with Crippen molar-refractivity contribution in [3.05, 3.63) is 29.8 Å². The van der Waals surface area contributed by atoms with Crippen LogP contribution in [-0.4, -0.2) is 111 Å². The lowest BCUT2D eigenvalue weighted by atomic mass is 10.1. The van der Waals surface area contributed by atoms with Crippen LogP contribution in [0.2, 0.25) is 0 Å². The molecule has 2 fully saturated rings. The average molecular weight is 564 g/mol. The van der Waals surface area contributed by atoms with Crippen molar-refractivity contribution in [1.82, 2.24) is 42.5 Å². The van der Waals surface area contributed by atoms with Gasteiger partial charge in [0.1, 0.15) is 17.5 Å². The van der Waals surface area contributed by atoms with Crippen molar-refractivity contribution in [2.45, 2.75) is 43.1 Å². The molecule has 2 aliphatic rings. The van der Waals surface area contributed by atoms with Crippen molar-refractivity contribution in [2.24, 2.45) is 5.73 Å². The summed E-state index contributed by atoms with van der Waals surface area (Å²) in [5, 5.41) is 45.1. The second kappa shape index (κ2) is 15.8. The number of aromatic hydroxyl groups is 1. The Morgan fingerprint density at radius 1 is 0.825 bits per heavy atom. The number of nitrogens with one attached hydrogen (secondary N) is 8. The zero-order valence-electron chi connectivity index (χ0n) is 23.0. The number of rotatable bonds is 9. The van der Waals surface area contributed by atoms with E-state index in [0.717, 1.165) is 13.1 Å². The summed E-state index contributed by atoms with van der Waals surface area (Å²) >= 11 is 0. The molecule has 2 amide bonds. The molecule has 0 saturated carbocycles. The quantitative estimate of drug-likeness (QED) is 0.143. The number of carbonyl (C=O) groups excluding carboxylic acids is 2. The number of carboxylic acid groups (broad SMARTS) is 1. The number of nitrogens with two attached hydrogens (primary N) is 1. The molecule has 3 rings (SSSR count). The van der Waals surface area contributed by atoms with Crippen molar-refractivity contribution >= 4 is 17.8 Å². The molecule has 1 aromatic carbocycles. The van der Waals surface area contributed by atoms with Crippen LogP contribution in [0, 0.1) is 0 Å². The van der Waals surface area contributed by atoms with Gasteiger partial charge in [0, 0.05) is 84.7 Å². The van der Waals surface area contributed by atoms with Crippen LogP contribution in [0.4, 0.5) is 0 Å². The topological polar surface area (TPSA) is 214 Å². The summed E-state index contributed by atoms with van der Waals surface area (Å²) in [5.74, 6) is -1.72. The van der Waals surface area contributed by atoms with Crippen LogP contribution < -0.4 is 48.3 Å². The molecule has 224 valence electrons. The number of amides is 2. The van der Waals surface area contributed by atoms with E-state index in [1.54, 1.807) is 12.1 Å². The van der Waals surface area contributed by atoms with Crippen LogP contribution in [-0.2, 0) is 20.8 Å². The highest BCUT2D eigenvalue weighted by Crippen LogP contribution is 2.12. The molecule has 2 aliphatic heterocycles. The van der Waals surface area contributed by atoms with Crippen molar-refractivity contribution in [2.75, 3.05) is 65.4 Å². The minimum Gasteiger partial charge on any atom is -0.508 e. The van der Waals surface area contributed by atoms with Gasteiger partial charge in [0.05, 0.1) is 5.66 Å². The molecule has 0 aliphatic carbocycles. The number of carboxylic acids is 1. The van der Waals surface area contributed by atoms with Crippen LogP contribution in [0.3, 0.4) is 0 Å². The highest BCUT2D eigenvalue weighted by molar-refractivity contribution is 5.84. The molecule has 0 aromatic heterocycles. The number of hydrogen-bond acceptors (Lipinski definition) is 11. The first-order valence-corrected chi connectivity index (χ1v) is 13.9. The Morgan fingerprint density at radius 3 is 1.98 bits per heavy atom. The van der Waals surface area contributed by atoms with E-state index < -0.39 is 29.2 Å². The van der Waals surface area contributed by atoms with Crippen molar-refractivity contribution in [3.63, 3.8) is 0 Å². The van der Waals surface area contributed by atoms with Crippen molar-refractivity contribution < 1.29 is 24.6 Å². The number of benzene rings is 1. The predicted molar refractivity (Wildman–Crippen MR) is 151 cm³/mol. The van der Waals surface area contributed by atoms with Gasteiger partial charge in [0.25, 0.3) is 0 Å². The molecule has 40 heavy (non-hydrogen) atoms. The SMILES string of the molecule is NC12CNCCNCC(NC(=O)CCCC(=O)NC(Cc3ccc(O)cc3)C(=O)O)(CNCCNC1)NCCN2. The summed E-state index contributed by atoms with van der Waals surface area (Å²) in [6.45, 7) is 6.22. The third-order valence-corrected chi connectivity index (χ3v) is 6.95. The van der Waals surface area contributed by atoms with E-state index in [1.807, 2.05) is 0 Å². The summed E-state index contributed by atoms with van der Waals surface area (Å²) in [6.07, 6.45) is 0.482. The summed E-state index contributed by atoms with van der Waals surface area (Å²) in [7, 11) is 0. The number of aliphatic carboxylic acids is 1. The van der Waals surface area contributed by atoms with Crippen LogP contribution in [0.5, 0.6) is 5.75 Å². The minimum atomic E-state index is -1.15. The van der Waals surface area contributed by atoms with Gasteiger partial charge in [-0.2, -0.15) is 0 Å². The fourth-order valence-corrected chi connectivity index (χ4v) is 4.77. The van der Waals surface area contributed by atoms with E-state index in [2.05, 4.69) is 42.5 Å². The number of hydrogen-bond donors (Lipinski definition) is 11. The standard InChI is InChI=1S/C26H45N9O5/c27-25-15-28-8-10-30-17-26(33-13-12-32-25,18-31-11-9-29-16-25)35-23(38)3-1-2-22(37)34-21(24(39)40)14-19-4-6-20(36)7-5-19/h4-7,21,28-33,36H,1-3,8-18,27H2,(H,34,37)(H,35,38)(H,39,40). The Balaban J connectivity index is 1.52. The second-order valence-electron chi connectivity index (χ2n) is 10.5. The van der Waals surface area contributed by atoms with Crippen molar-refractivity contribution in [1.29, 1.82) is 0 Å². The molecule has 2 saturated heterocycles. The number of phenolic OH excluding ortho intramolecular Hbond substituents is 1. The predicted octanol–water partition coefficient (Wildman–Crippen LogP) is -3.29. The highest BCUT2D eigenvalue weighted by atomic mass is 16.4. The third-order valence-electron chi connectivity index (χ3n) is 6.95. The minimum absolute atomic E-state index is 0.0174. The Hall–Kier alpha value is -2.85. The zero-order valence-corrected chi connectivity index (χ0v) is 23.0. The Labute approximate surface area is 235 Å². The molecule has 14 nitrogen and oxygen atoms in total. The van der Waals surface area contributed by atoms with E-state index in [9.17, 15) is 24.6 Å². The maximum Gasteiger partial charge on any atom is 0.326 e. The van der Waals surface area contributed by atoms with Gasteiger partial charge >= 0.3 is 5.97 Å². The molecule has 12 N–H and O–H groups in total. The molecule has 0 radical (unpaired) electrons. The highest BCUT2D eigenvalue weighted by Gasteiger charge is 2.32. The summed E-state index contributed by atoms with van der Waals surface area (Å²) in [6, 6.07) is 5.05. The van der Waals surface area contributed by atoms with E-state index in [4.69, 9.17) is 5.73 Å². The number of fused-ring (bicyclic) bond motifs is 5. The molecule has 2 heterocycles. The fourth-order valence-electron chi connectivity index (χ4n) is 4.77. The largest absolute Gasteiger partial charge is 0.508 e. The van der Waals surface area contributed by atoms with Crippen molar-refractivity contribution in [3.8, 4) is 5.75 Å². The maximum absolute atomic E-state index is 13.0. The van der Waals surface area contributed by atoms with Crippen LogP contribution >= 0.6 is 0 Å². The lowest BCUT2D eigenvalue weighted by Crippen LogP contribution is -2.72. The number of phenols is 1. The van der Waals surface area contributed by atoms with Gasteiger partial charge in [0.2, 0.25) is 11.8 Å². The summed E-state index contributed by atoms with van der Waals surface area (Å²) < 4.78 is 0. The maximum atomic E-state index is 13.0. The zero-order chi connectivity index (χ0) is 28.8. The van der Waals surface area contributed by atoms with Gasteiger partial charge in [-0.1, -0.05) is 12.1 Å². The fraction of sp³-hybridized carbons (Fsp3) is 0.654. The van der Waals surface area contributed by atoms with Gasteiger partial charge in [-0.3, -0.25) is 20.2 Å². The van der Waals surface area contributed by atoms with Gasteiger partial charge in [-0.05, 0) is 24.1 Å². The molecule has 14 heteroatoms. The summed E-state index contributed by atoms with van der Waals surface area (Å²) in [5.41, 5.74) is 5.88. The molecule has 2 bridgehead atoms. The lowest BCUT2D eigenvalue weighted by Gasteiger charge is -2.39. The first-order valence-electron chi connectivity index (χ1n) is 13.9. The Kier molecular flexibility index (Phi) is 12.5. The molecule has 0 spiro atoms. The lowest BCUT2D eigenvalue weighted by molar-refractivity contribution is -0.141. The smallest absolute Gasteiger partial charge is 0.326 e.